The van der Waals surface area contributed by atoms with Gasteiger partial charge in [0.15, 0.2) is 9.84 Å². The van der Waals surface area contributed by atoms with Crippen molar-refractivity contribution in [3.8, 4) is 0 Å². The van der Waals surface area contributed by atoms with Crippen LogP contribution in [0.15, 0.2) is 0 Å². The second kappa shape index (κ2) is 5.30. The summed E-state index contributed by atoms with van der Waals surface area (Å²) in [4.78, 5) is 0. The highest BCUT2D eigenvalue weighted by atomic mass is 32.2. The lowest BCUT2D eigenvalue weighted by molar-refractivity contribution is 0.398. The lowest BCUT2D eigenvalue weighted by atomic mass is 9.87. The van der Waals surface area contributed by atoms with Gasteiger partial charge in [0.25, 0.3) is 0 Å². The van der Waals surface area contributed by atoms with Crippen LogP contribution in [0.2, 0.25) is 0 Å². The zero-order valence-electron chi connectivity index (χ0n) is 13.7. The number of rotatable bonds is 3. The molecule has 0 aromatic carbocycles. The van der Waals surface area contributed by atoms with E-state index in [2.05, 4.69) is 34.6 Å². The Morgan fingerprint density at radius 1 is 1.38 bits per heavy atom. The molecule has 0 bridgehead atoms. The van der Waals surface area contributed by atoms with Gasteiger partial charge < -0.3 is 5.73 Å². The van der Waals surface area contributed by atoms with Crippen molar-refractivity contribution in [2.24, 2.45) is 5.41 Å². The molecule has 1 aliphatic rings. The van der Waals surface area contributed by atoms with Crippen LogP contribution in [-0.2, 0) is 16.3 Å². The summed E-state index contributed by atoms with van der Waals surface area (Å²) < 4.78 is 25.2. The van der Waals surface area contributed by atoms with Gasteiger partial charge in [-0.15, -0.1) is 0 Å². The SMILES string of the molecule is CC(C)c1c(CC(C)(C)C)nn(C2CCS(=O)(=O)C2)c1N. The zero-order chi connectivity index (χ0) is 16.0. The molecule has 5 nitrogen and oxygen atoms in total. The highest BCUT2D eigenvalue weighted by Crippen LogP contribution is 2.34. The number of nitrogens with two attached hydrogens (primary N) is 1. The molecule has 0 radical (unpaired) electrons. The molecule has 1 aromatic heterocycles. The van der Waals surface area contributed by atoms with Crippen molar-refractivity contribution in [2.75, 3.05) is 17.2 Å². The molecule has 0 spiro atoms. The molecule has 0 amide bonds. The van der Waals surface area contributed by atoms with Crippen molar-refractivity contribution in [1.82, 2.24) is 9.78 Å². The molecular formula is C15H27N3O2S. The molecule has 1 saturated heterocycles. The second-order valence-corrected chi connectivity index (χ2v) is 9.87. The maximum Gasteiger partial charge on any atom is 0.152 e. The van der Waals surface area contributed by atoms with Gasteiger partial charge in [-0.2, -0.15) is 5.10 Å². The molecule has 2 heterocycles. The predicted molar refractivity (Wildman–Crippen MR) is 86.2 cm³/mol. The van der Waals surface area contributed by atoms with E-state index in [0.717, 1.165) is 17.7 Å². The number of nitrogens with zero attached hydrogens (tertiary/aromatic N) is 2. The largest absolute Gasteiger partial charge is 0.384 e. The first-order chi connectivity index (χ1) is 9.50. The van der Waals surface area contributed by atoms with Crippen molar-refractivity contribution < 1.29 is 8.42 Å². The molecule has 21 heavy (non-hydrogen) atoms. The van der Waals surface area contributed by atoms with Gasteiger partial charge in [-0.3, -0.25) is 0 Å². The summed E-state index contributed by atoms with van der Waals surface area (Å²) in [6.07, 6.45) is 1.46. The molecule has 2 rings (SSSR count). The summed E-state index contributed by atoms with van der Waals surface area (Å²) in [6.45, 7) is 10.7. The van der Waals surface area contributed by atoms with Crippen LogP contribution in [0.25, 0.3) is 0 Å². The number of aromatic nitrogens is 2. The Kier molecular flexibility index (Phi) is 4.12. The van der Waals surface area contributed by atoms with Crippen molar-refractivity contribution in [3.05, 3.63) is 11.3 Å². The Labute approximate surface area is 127 Å². The first-order valence-electron chi connectivity index (χ1n) is 7.57. The summed E-state index contributed by atoms with van der Waals surface area (Å²) in [5.74, 6) is 1.33. The molecule has 1 fully saturated rings. The Balaban J connectivity index is 2.42. The van der Waals surface area contributed by atoms with Gasteiger partial charge in [-0.05, 0) is 24.2 Å². The maximum absolute atomic E-state index is 11.7. The van der Waals surface area contributed by atoms with E-state index in [1.165, 1.54) is 0 Å². The Morgan fingerprint density at radius 2 is 2.00 bits per heavy atom. The van der Waals surface area contributed by atoms with Crippen molar-refractivity contribution in [3.63, 3.8) is 0 Å². The van der Waals surface area contributed by atoms with Gasteiger partial charge in [0, 0.05) is 5.56 Å². The smallest absolute Gasteiger partial charge is 0.152 e. The van der Waals surface area contributed by atoms with Crippen LogP contribution in [0.3, 0.4) is 0 Å². The van der Waals surface area contributed by atoms with E-state index in [-0.39, 0.29) is 28.9 Å². The van der Waals surface area contributed by atoms with Crippen LogP contribution >= 0.6 is 0 Å². The number of hydrogen-bond donors (Lipinski definition) is 1. The molecular weight excluding hydrogens is 286 g/mol. The summed E-state index contributed by atoms with van der Waals surface area (Å²) in [5, 5.41) is 4.69. The van der Waals surface area contributed by atoms with Gasteiger partial charge in [-0.1, -0.05) is 34.6 Å². The van der Waals surface area contributed by atoms with Crippen molar-refractivity contribution in [1.29, 1.82) is 0 Å². The number of anilines is 1. The zero-order valence-corrected chi connectivity index (χ0v) is 14.5. The fourth-order valence-corrected chi connectivity index (χ4v) is 4.71. The third-order valence-corrected chi connectivity index (χ3v) is 5.64. The minimum Gasteiger partial charge on any atom is -0.384 e. The molecule has 1 atom stereocenters. The quantitative estimate of drug-likeness (QED) is 0.930. The lowest BCUT2D eigenvalue weighted by Crippen LogP contribution is -2.15. The molecule has 1 aliphatic heterocycles. The highest BCUT2D eigenvalue weighted by molar-refractivity contribution is 7.91. The van der Waals surface area contributed by atoms with E-state index in [1.807, 2.05) is 0 Å². The fourth-order valence-electron chi connectivity index (χ4n) is 3.02. The Hall–Kier alpha value is -1.04. The topological polar surface area (TPSA) is 78.0 Å². The number of hydrogen-bond acceptors (Lipinski definition) is 4. The highest BCUT2D eigenvalue weighted by Gasteiger charge is 2.33. The summed E-state index contributed by atoms with van der Waals surface area (Å²) in [6, 6.07) is -0.110. The van der Waals surface area contributed by atoms with Gasteiger partial charge in [0.2, 0.25) is 0 Å². The van der Waals surface area contributed by atoms with E-state index < -0.39 is 9.84 Å². The van der Waals surface area contributed by atoms with Crippen LogP contribution in [0.4, 0.5) is 5.82 Å². The third-order valence-electron chi connectivity index (χ3n) is 3.89. The first kappa shape index (κ1) is 16.3. The lowest BCUT2D eigenvalue weighted by Gasteiger charge is -2.18. The monoisotopic (exact) mass is 313 g/mol. The van der Waals surface area contributed by atoms with Crippen LogP contribution < -0.4 is 5.73 Å². The van der Waals surface area contributed by atoms with Gasteiger partial charge in [-0.25, -0.2) is 13.1 Å². The summed E-state index contributed by atoms with van der Waals surface area (Å²) >= 11 is 0. The Morgan fingerprint density at radius 3 is 2.43 bits per heavy atom. The Bertz CT molecular complexity index is 624. The van der Waals surface area contributed by atoms with Gasteiger partial charge in [0.1, 0.15) is 5.82 Å². The van der Waals surface area contributed by atoms with E-state index in [9.17, 15) is 8.42 Å². The summed E-state index contributed by atoms with van der Waals surface area (Å²) in [7, 11) is -2.94. The van der Waals surface area contributed by atoms with Crippen LogP contribution in [-0.4, -0.2) is 29.7 Å². The van der Waals surface area contributed by atoms with E-state index >= 15 is 0 Å². The standard InChI is InChI=1S/C15H27N3O2S/c1-10(2)13-12(8-15(3,4)5)17-18(14(13)16)11-6-7-21(19,20)9-11/h10-11H,6-9,16H2,1-5H3. The first-order valence-corrected chi connectivity index (χ1v) is 9.39. The molecule has 0 saturated carbocycles. The van der Waals surface area contributed by atoms with E-state index in [4.69, 9.17) is 10.8 Å². The minimum absolute atomic E-state index is 0.110. The average molecular weight is 313 g/mol. The van der Waals surface area contributed by atoms with E-state index in [1.54, 1.807) is 4.68 Å². The summed E-state index contributed by atoms with van der Waals surface area (Å²) in [5.41, 5.74) is 8.51. The van der Waals surface area contributed by atoms with Crippen LogP contribution in [0, 0.1) is 5.41 Å². The molecule has 120 valence electrons. The average Bonchev–Trinajstić information content (AvgIpc) is 2.77. The normalized spacial score (nSPS) is 22.1. The molecule has 0 aliphatic carbocycles. The minimum atomic E-state index is -2.94. The molecule has 1 unspecified atom stereocenters. The molecule has 6 heteroatoms. The predicted octanol–water partition coefficient (Wildman–Crippen LogP) is 2.54. The molecule has 1 aromatic rings. The molecule has 2 N–H and O–H groups in total. The van der Waals surface area contributed by atoms with Crippen molar-refractivity contribution >= 4 is 15.7 Å². The maximum atomic E-state index is 11.7. The van der Waals surface area contributed by atoms with Crippen LogP contribution in [0.1, 0.15) is 64.3 Å². The third kappa shape index (κ3) is 3.59. The van der Waals surface area contributed by atoms with E-state index in [0.29, 0.717) is 12.2 Å². The van der Waals surface area contributed by atoms with Crippen LogP contribution in [0.5, 0.6) is 0 Å². The number of sulfone groups is 1. The number of nitrogen functional groups attached to an aromatic ring is 1. The van der Waals surface area contributed by atoms with Crippen molar-refractivity contribution in [2.45, 2.75) is 59.4 Å². The van der Waals surface area contributed by atoms with Gasteiger partial charge in [0.05, 0.1) is 23.2 Å². The van der Waals surface area contributed by atoms with Gasteiger partial charge >= 0.3 is 0 Å². The second-order valence-electron chi connectivity index (χ2n) is 7.64. The fraction of sp³-hybridized carbons (Fsp3) is 0.800.